The minimum absolute atomic E-state index is 0.0599. The summed E-state index contributed by atoms with van der Waals surface area (Å²) in [5, 5.41) is 4.21. The fourth-order valence-electron chi connectivity index (χ4n) is 2.24. The van der Waals surface area contributed by atoms with Crippen LogP contribution in [-0.4, -0.2) is 28.8 Å². The Morgan fingerprint density at radius 2 is 2.16 bits per heavy atom. The molecule has 1 aromatic rings. The third-order valence-electron chi connectivity index (χ3n) is 3.54. The Kier molecular flexibility index (Phi) is 5.02. The van der Waals surface area contributed by atoms with Crippen LogP contribution in [0.3, 0.4) is 0 Å². The number of halogens is 1. The Bertz CT molecular complexity index is 490. The predicted octanol–water partition coefficient (Wildman–Crippen LogP) is 2.27. The smallest absolute Gasteiger partial charge is 0.269 e. The van der Waals surface area contributed by atoms with Gasteiger partial charge in [-0.05, 0) is 18.8 Å². The zero-order chi connectivity index (χ0) is 13.7. The third kappa shape index (κ3) is 3.83. The molecule has 2 heterocycles. The molecule has 0 unspecified atom stereocenters. The summed E-state index contributed by atoms with van der Waals surface area (Å²) in [6.07, 6.45) is 7.81. The lowest BCUT2D eigenvalue weighted by Crippen LogP contribution is -2.34. The van der Waals surface area contributed by atoms with Crippen LogP contribution >= 0.6 is 11.6 Å². The molecule has 5 heteroatoms. The quantitative estimate of drug-likeness (QED) is 0.628. The molecule has 1 saturated heterocycles. The highest BCUT2D eigenvalue weighted by atomic mass is 35.5. The van der Waals surface area contributed by atoms with Gasteiger partial charge in [-0.25, -0.2) is 4.68 Å². The lowest BCUT2D eigenvalue weighted by Gasteiger charge is -2.31. The summed E-state index contributed by atoms with van der Waals surface area (Å²) < 4.78 is 1.44. The molecule has 0 amide bonds. The van der Waals surface area contributed by atoms with E-state index in [-0.39, 0.29) is 5.56 Å². The molecule has 104 valence electrons. The lowest BCUT2D eigenvalue weighted by atomic mass is 9.99. The summed E-state index contributed by atoms with van der Waals surface area (Å²) in [5.41, 5.74) is 0.879. The highest BCUT2D eigenvalue weighted by Gasteiger charge is 2.16. The first-order chi connectivity index (χ1) is 9.20. The zero-order valence-electron chi connectivity index (χ0n) is 11.3. The number of nitrogens with zero attached hydrogens (tertiary/aromatic N) is 3. The molecule has 0 N–H and O–H groups in total. The molecule has 0 aromatic carbocycles. The summed E-state index contributed by atoms with van der Waals surface area (Å²) in [6.45, 7) is 4.77. The first-order valence-electron chi connectivity index (χ1n) is 6.74. The van der Waals surface area contributed by atoms with E-state index in [1.54, 1.807) is 12.3 Å². The maximum absolute atomic E-state index is 11.9. The number of hydrogen-bond acceptors (Lipinski definition) is 3. The van der Waals surface area contributed by atoms with Crippen LogP contribution in [0.2, 0.25) is 0 Å². The van der Waals surface area contributed by atoms with E-state index in [1.807, 2.05) is 12.2 Å². The fourth-order valence-corrected chi connectivity index (χ4v) is 2.36. The Hall–Kier alpha value is -1.29. The van der Waals surface area contributed by atoms with Crippen molar-refractivity contribution in [2.24, 2.45) is 5.92 Å². The molecule has 4 nitrogen and oxygen atoms in total. The molecule has 19 heavy (non-hydrogen) atoms. The molecule has 2 rings (SSSR count). The minimum atomic E-state index is -0.0599. The second-order valence-corrected chi connectivity index (χ2v) is 5.34. The standard InChI is InChI=1S/C14H20ClN3O/c1-12-4-8-17(9-5-12)13-10-14(19)18(16-11-13)7-3-2-6-15/h2-3,10-12H,4-9H2,1H3/b3-2+. The van der Waals surface area contributed by atoms with Gasteiger partial charge in [-0.1, -0.05) is 19.1 Å². The monoisotopic (exact) mass is 281 g/mol. The van der Waals surface area contributed by atoms with Gasteiger partial charge in [0.05, 0.1) is 18.4 Å². The van der Waals surface area contributed by atoms with E-state index in [0.717, 1.165) is 24.7 Å². The van der Waals surface area contributed by atoms with Crippen LogP contribution in [0.5, 0.6) is 0 Å². The van der Waals surface area contributed by atoms with Gasteiger partial charge in [0.15, 0.2) is 0 Å². The van der Waals surface area contributed by atoms with E-state index in [4.69, 9.17) is 11.6 Å². The topological polar surface area (TPSA) is 38.1 Å². The van der Waals surface area contributed by atoms with Gasteiger partial charge in [-0.3, -0.25) is 4.79 Å². The number of anilines is 1. The van der Waals surface area contributed by atoms with Crippen LogP contribution in [0, 0.1) is 5.92 Å². The van der Waals surface area contributed by atoms with E-state index in [1.165, 1.54) is 17.5 Å². The van der Waals surface area contributed by atoms with E-state index >= 15 is 0 Å². The fraction of sp³-hybridized carbons (Fsp3) is 0.571. The summed E-state index contributed by atoms with van der Waals surface area (Å²) in [4.78, 5) is 14.2. The van der Waals surface area contributed by atoms with E-state index in [2.05, 4.69) is 16.9 Å². The molecule has 0 spiro atoms. The number of piperidine rings is 1. The second-order valence-electron chi connectivity index (χ2n) is 5.03. The minimum Gasteiger partial charge on any atom is -0.370 e. The van der Waals surface area contributed by atoms with Crippen molar-refractivity contribution in [2.45, 2.75) is 26.3 Å². The Balaban J connectivity index is 2.06. The van der Waals surface area contributed by atoms with E-state index in [9.17, 15) is 4.79 Å². The second kappa shape index (κ2) is 6.75. The molecule has 1 fully saturated rings. The summed E-state index contributed by atoms with van der Waals surface area (Å²) in [5.74, 6) is 1.24. The average molecular weight is 282 g/mol. The number of aromatic nitrogens is 2. The van der Waals surface area contributed by atoms with Crippen molar-refractivity contribution in [3.8, 4) is 0 Å². The first-order valence-corrected chi connectivity index (χ1v) is 7.27. The molecule has 0 saturated carbocycles. The van der Waals surface area contributed by atoms with Gasteiger partial charge in [0, 0.05) is 25.0 Å². The molecular formula is C14H20ClN3O. The molecule has 0 bridgehead atoms. The van der Waals surface area contributed by atoms with Crippen molar-refractivity contribution < 1.29 is 0 Å². The largest absolute Gasteiger partial charge is 0.370 e. The van der Waals surface area contributed by atoms with Crippen molar-refractivity contribution in [3.05, 3.63) is 34.8 Å². The van der Waals surface area contributed by atoms with Gasteiger partial charge in [-0.2, -0.15) is 5.10 Å². The van der Waals surface area contributed by atoms with Gasteiger partial charge in [0.25, 0.3) is 5.56 Å². The van der Waals surface area contributed by atoms with Crippen molar-refractivity contribution in [1.82, 2.24) is 9.78 Å². The van der Waals surface area contributed by atoms with Gasteiger partial charge in [-0.15, -0.1) is 11.6 Å². The first kappa shape index (κ1) is 14.1. The highest BCUT2D eigenvalue weighted by molar-refractivity contribution is 6.18. The van der Waals surface area contributed by atoms with Crippen LogP contribution in [0.1, 0.15) is 19.8 Å². The molecule has 0 aliphatic carbocycles. The summed E-state index contributed by atoms with van der Waals surface area (Å²) >= 11 is 5.54. The summed E-state index contributed by atoms with van der Waals surface area (Å²) in [6, 6.07) is 1.68. The van der Waals surface area contributed by atoms with Crippen LogP contribution < -0.4 is 10.5 Å². The summed E-state index contributed by atoms with van der Waals surface area (Å²) in [7, 11) is 0. The molecule has 0 atom stereocenters. The molecule has 1 aliphatic heterocycles. The van der Waals surface area contributed by atoms with Crippen LogP contribution in [0.15, 0.2) is 29.2 Å². The lowest BCUT2D eigenvalue weighted by molar-refractivity contribution is 0.437. The molecule has 1 aliphatic rings. The Morgan fingerprint density at radius 1 is 1.42 bits per heavy atom. The zero-order valence-corrected chi connectivity index (χ0v) is 12.0. The van der Waals surface area contributed by atoms with E-state index < -0.39 is 0 Å². The van der Waals surface area contributed by atoms with Crippen LogP contribution in [0.25, 0.3) is 0 Å². The SMILES string of the molecule is CC1CCN(c2cnn(C/C=C/CCl)c(=O)c2)CC1. The maximum Gasteiger partial charge on any atom is 0.269 e. The Labute approximate surface area is 118 Å². The molecule has 0 radical (unpaired) electrons. The maximum atomic E-state index is 11.9. The Morgan fingerprint density at radius 3 is 2.79 bits per heavy atom. The van der Waals surface area contributed by atoms with Gasteiger partial charge >= 0.3 is 0 Å². The average Bonchev–Trinajstić information content (AvgIpc) is 2.42. The third-order valence-corrected chi connectivity index (χ3v) is 3.72. The van der Waals surface area contributed by atoms with Crippen LogP contribution in [-0.2, 0) is 6.54 Å². The van der Waals surface area contributed by atoms with Gasteiger partial charge < -0.3 is 4.90 Å². The van der Waals surface area contributed by atoms with Crippen molar-refractivity contribution >= 4 is 17.3 Å². The van der Waals surface area contributed by atoms with Crippen molar-refractivity contribution in [1.29, 1.82) is 0 Å². The molecular weight excluding hydrogens is 262 g/mol. The number of hydrogen-bond donors (Lipinski definition) is 0. The van der Waals surface area contributed by atoms with Crippen molar-refractivity contribution in [3.63, 3.8) is 0 Å². The van der Waals surface area contributed by atoms with E-state index in [0.29, 0.717) is 12.4 Å². The number of rotatable bonds is 4. The van der Waals surface area contributed by atoms with Gasteiger partial charge in [0.2, 0.25) is 0 Å². The molecule has 1 aromatic heterocycles. The number of alkyl halides is 1. The predicted molar refractivity (Wildman–Crippen MR) is 79.0 cm³/mol. The van der Waals surface area contributed by atoms with Crippen LogP contribution in [0.4, 0.5) is 5.69 Å². The normalized spacial score (nSPS) is 17.3. The number of allylic oxidation sites excluding steroid dienone is 2. The highest BCUT2D eigenvalue weighted by Crippen LogP contribution is 2.20. The van der Waals surface area contributed by atoms with Crippen molar-refractivity contribution in [2.75, 3.05) is 23.9 Å². The van der Waals surface area contributed by atoms with Gasteiger partial charge in [0.1, 0.15) is 0 Å².